The highest BCUT2D eigenvalue weighted by atomic mass is 14.8. The Kier molecular flexibility index (Phi) is 5.40. The summed E-state index contributed by atoms with van der Waals surface area (Å²) in [6.45, 7) is 2.42. The first-order valence-corrected chi connectivity index (χ1v) is 5.66. The van der Waals surface area contributed by atoms with Crippen LogP contribution in [0.2, 0.25) is 0 Å². The first-order chi connectivity index (χ1) is 6.36. The Balaban J connectivity index is 2.08. The Labute approximate surface area is 82.5 Å². The van der Waals surface area contributed by atoms with Crippen LogP contribution in [0.1, 0.15) is 32.1 Å². The predicted molar refractivity (Wildman–Crippen MR) is 57.9 cm³/mol. The highest BCUT2D eigenvalue weighted by molar-refractivity contribution is 4.73. The van der Waals surface area contributed by atoms with E-state index in [4.69, 9.17) is 0 Å². The van der Waals surface area contributed by atoms with Crippen molar-refractivity contribution in [2.75, 3.05) is 27.2 Å². The quantitative estimate of drug-likeness (QED) is 0.678. The van der Waals surface area contributed by atoms with Gasteiger partial charge >= 0.3 is 0 Å². The highest BCUT2D eigenvalue weighted by Gasteiger charge is 2.19. The molecule has 1 aliphatic carbocycles. The molecule has 78 valence electrons. The molecule has 2 nitrogen and oxygen atoms in total. The Bertz CT molecular complexity index is 117. The average molecular weight is 184 g/mol. The van der Waals surface area contributed by atoms with Gasteiger partial charge in [0.25, 0.3) is 0 Å². The molecule has 1 saturated carbocycles. The molecule has 1 aliphatic rings. The van der Waals surface area contributed by atoms with Gasteiger partial charge in [-0.1, -0.05) is 12.8 Å². The summed E-state index contributed by atoms with van der Waals surface area (Å²) in [6, 6.07) is 0. The van der Waals surface area contributed by atoms with Crippen LogP contribution >= 0.6 is 0 Å². The second-order valence-electron chi connectivity index (χ2n) is 4.34. The second kappa shape index (κ2) is 6.39. The number of hydrogen-bond donors (Lipinski definition) is 2. The van der Waals surface area contributed by atoms with E-state index in [-0.39, 0.29) is 0 Å². The highest BCUT2D eigenvalue weighted by Crippen LogP contribution is 2.29. The summed E-state index contributed by atoms with van der Waals surface area (Å²) in [6.07, 6.45) is 7.16. The van der Waals surface area contributed by atoms with Crippen molar-refractivity contribution in [3.05, 3.63) is 0 Å². The third-order valence-corrected chi connectivity index (χ3v) is 3.26. The van der Waals surface area contributed by atoms with Crippen LogP contribution in [-0.4, -0.2) is 27.2 Å². The summed E-state index contributed by atoms with van der Waals surface area (Å²) in [5.74, 6) is 1.95. The van der Waals surface area contributed by atoms with Gasteiger partial charge < -0.3 is 10.6 Å². The third kappa shape index (κ3) is 4.10. The first-order valence-electron chi connectivity index (χ1n) is 5.66. The van der Waals surface area contributed by atoms with Crippen molar-refractivity contribution < 1.29 is 0 Å². The molecule has 1 rings (SSSR count). The van der Waals surface area contributed by atoms with Crippen molar-refractivity contribution >= 4 is 0 Å². The fourth-order valence-electron chi connectivity index (χ4n) is 2.36. The van der Waals surface area contributed by atoms with E-state index in [1.54, 1.807) is 0 Å². The Morgan fingerprint density at radius 2 is 1.54 bits per heavy atom. The molecular formula is C11H24N2. The minimum absolute atomic E-state index is 0.954. The van der Waals surface area contributed by atoms with E-state index in [1.807, 2.05) is 7.05 Å². The maximum atomic E-state index is 3.28. The van der Waals surface area contributed by atoms with E-state index in [9.17, 15) is 0 Å². The van der Waals surface area contributed by atoms with Gasteiger partial charge in [0.2, 0.25) is 0 Å². The van der Waals surface area contributed by atoms with Crippen LogP contribution in [0.25, 0.3) is 0 Å². The molecule has 1 fully saturated rings. The molecule has 0 atom stereocenters. The smallest absolute Gasteiger partial charge is 0.00235 e. The summed E-state index contributed by atoms with van der Waals surface area (Å²) in [5, 5.41) is 6.52. The molecule has 0 saturated heterocycles. The lowest BCUT2D eigenvalue weighted by Crippen LogP contribution is -2.25. The molecule has 2 N–H and O–H groups in total. The van der Waals surface area contributed by atoms with Gasteiger partial charge in [-0.05, 0) is 58.3 Å². The summed E-state index contributed by atoms with van der Waals surface area (Å²) in [4.78, 5) is 0. The van der Waals surface area contributed by atoms with Gasteiger partial charge in [-0.2, -0.15) is 0 Å². The van der Waals surface area contributed by atoms with Gasteiger partial charge in [-0.25, -0.2) is 0 Å². The predicted octanol–water partition coefficient (Wildman–Crippen LogP) is 1.62. The van der Waals surface area contributed by atoms with Gasteiger partial charge in [-0.3, -0.25) is 0 Å². The standard InChI is InChI=1S/C11H24N2/c1-12-8-7-10-3-5-11(6-4-10)9-13-2/h10-13H,3-9H2,1-2H3. The van der Waals surface area contributed by atoms with Crippen LogP contribution in [0.4, 0.5) is 0 Å². The zero-order valence-corrected chi connectivity index (χ0v) is 9.10. The summed E-state index contributed by atoms with van der Waals surface area (Å²) in [5.41, 5.74) is 0. The average Bonchev–Trinajstić information content (AvgIpc) is 2.17. The first kappa shape index (κ1) is 11.0. The minimum Gasteiger partial charge on any atom is -0.320 e. The Morgan fingerprint density at radius 3 is 2.08 bits per heavy atom. The summed E-state index contributed by atoms with van der Waals surface area (Å²) < 4.78 is 0. The largest absolute Gasteiger partial charge is 0.320 e. The van der Waals surface area contributed by atoms with E-state index < -0.39 is 0 Å². The molecule has 0 unspecified atom stereocenters. The molecular weight excluding hydrogens is 160 g/mol. The van der Waals surface area contributed by atoms with E-state index in [0.717, 1.165) is 11.8 Å². The summed E-state index contributed by atoms with van der Waals surface area (Å²) >= 11 is 0. The van der Waals surface area contributed by atoms with Crippen molar-refractivity contribution in [2.45, 2.75) is 32.1 Å². The van der Waals surface area contributed by atoms with Crippen molar-refractivity contribution in [2.24, 2.45) is 11.8 Å². The zero-order chi connectivity index (χ0) is 9.52. The van der Waals surface area contributed by atoms with Crippen LogP contribution in [0.3, 0.4) is 0 Å². The summed E-state index contributed by atoms with van der Waals surface area (Å²) in [7, 11) is 4.11. The zero-order valence-electron chi connectivity index (χ0n) is 9.10. The molecule has 0 heterocycles. The number of nitrogens with one attached hydrogen (secondary N) is 2. The monoisotopic (exact) mass is 184 g/mol. The van der Waals surface area contributed by atoms with Gasteiger partial charge in [0.05, 0.1) is 0 Å². The van der Waals surface area contributed by atoms with E-state index in [2.05, 4.69) is 17.7 Å². The van der Waals surface area contributed by atoms with Gasteiger partial charge in [0.1, 0.15) is 0 Å². The Hall–Kier alpha value is -0.0800. The van der Waals surface area contributed by atoms with Gasteiger partial charge in [-0.15, -0.1) is 0 Å². The molecule has 0 spiro atoms. The molecule has 0 amide bonds. The number of rotatable bonds is 5. The normalized spacial score (nSPS) is 29.1. The molecule has 0 aromatic carbocycles. The SMILES string of the molecule is CNCCC1CCC(CNC)CC1. The molecule has 0 bridgehead atoms. The maximum absolute atomic E-state index is 3.28. The molecule has 0 aromatic heterocycles. The number of hydrogen-bond acceptors (Lipinski definition) is 2. The molecule has 0 aliphatic heterocycles. The van der Waals surface area contributed by atoms with Crippen LogP contribution in [0.15, 0.2) is 0 Å². The lowest BCUT2D eigenvalue weighted by molar-refractivity contribution is 0.260. The van der Waals surface area contributed by atoms with Crippen molar-refractivity contribution in [1.82, 2.24) is 10.6 Å². The third-order valence-electron chi connectivity index (χ3n) is 3.26. The van der Waals surface area contributed by atoms with E-state index in [0.29, 0.717) is 0 Å². The van der Waals surface area contributed by atoms with E-state index >= 15 is 0 Å². The van der Waals surface area contributed by atoms with Crippen molar-refractivity contribution in [1.29, 1.82) is 0 Å². The molecule has 2 heteroatoms. The van der Waals surface area contributed by atoms with Crippen LogP contribution in [-0.2, 0) is 0 Å². The second-order valence-corrected chi connectivity index (χ2v) is 4.34. The van der Waals surface area contributed by atoms with Crippen LogP contribution < -0.4 is 10.6 Å². The van der Waals surface area contributed by atoms with Crippen LogP contribution in [0.5, 0.6) is 0 Å². The van der Waals surface area contributed by atoms with Crippen molar-refractivity contribution in [3.8, 4) is 0 Å². The fourth-order valence-corrected chi connectivity index (χ4v) is 2.36. The molecule has 0 radical (unpaired) electrons. The molecule has 0 aromatic rings. The Morgan fingerprint density at radius 1 is 0.923 bits per heavy atom. The lowest BCUT2D eigenvalue weighted by Gasteiger charge is -2.28. The van der Waals surface area contributed by atoms with Gasteiger partial charge in [0, 0.05) is 0 Å². The van der Waals surface area contributed by atoms with Crippen LogP contribution in [0, 0.1) is 11.8 Å². The maximum Gasteiger partial charge on any atom is -0.00235 e. The minimum atomic E-state index is 0.954. The topological polar surface area (TPSA) is 24.1 Å². The molecule has 13 heavy (non-hydrogen) atoms. The lowest BCUT2D eigenvalue weighted by atomic mass is 9.80. The van der Waals surface area contributed by atoms with E-state index in [1.165, 1.54) is 45.2 Å². The van der Waals surface area contributed by atoms with Crippen molar-refractivity contribution in [3.63, 3.8) is 0 Å². The fraction of sp³-hybridized carbons (Fsp3) is 1.00. The van der Waals surface area contributed by atoms with Gasteiger partial charge in [0.15, 0.2) is 0 Å².